The number of rotatable bonds is 11. The minimum atomic E-state index is -2.13. The summed E-state index contributed by atoms with van der Waals surface area (Å²) in [6.45, 7) is 19.2. The van der Waals surface area contributed by atoms with Gasteiger partial charge in [0.15, 0.2) is 8.32 Å². The molecule has 0 radical (unpaired) electrons. The molecule has 14 heteroatoms. The van der Waals surface area contributed by atoms with Gasteiger partial charge in [-0.3, -0.25) is 9.59 Å². The Morgan fingerprint density at radius 2 is 1.67 bits per heavy atom. The number of benzene rings is 1. The fraction of sp³-hybridized carbons (Fsp3) is 0.568. The van der Waals surface area contributed by atoms with Gasteiger partial charge in [0.05, 0.1) is 30.5 Å². The first-order valence-corrected chi connectivity index (χ1v) is 20.9. The number of nitrogens with zero attached hydrogens (tertiary/aromatic N) is 5. The van der Waals surface area contributed by atoms with E-state index in [1.54, 1.807) is 12.1 Å². The second-order valence-electron chi connectivity index (χ2n) is 16.5. The van der Waals surface area contributed by atoms with E-state index < -0.39 is 14.1 Å². The van der Waals surface area contributed by atoms with Crippen molar-refractivity contribution in [3.8, 4) is 11.3 Å². The van der Waals surface area contributed by atoms with Gasteiger partial charge < -0.3 is 24.7 Å². The minimum absolute atomic E-state index is 0.0173. The molecule has 11 nitrogen and oxygen atoms in total. The molecule has 0 atom stereocenters. The highest BCUT2D eigenvalue weighted by atomic mass is 35.5. The van der Waals surface area contributed by atoms with Gasteiger partial charge in [0.25, 0.3) is 0 Å². The molecule has 0 spiro atoms. The lowest BCUT2D eigenvalue weighted by Gasteiger charge is -2.44. The van der Waals surface area contributed by atoms with E-state index in [1.807, 2.05) is 0 Å². The van der Waals surface area contributed by atoms with Crippen LogP contribution in [-0.4, -0.2) is 71.0 Å². The number of amides is 1. The van der Waals surface area contributed by atoms with E-state index in [0.29, 0.717) is 46.4 Å². The third-order valence-corrected chi connectivity index (χ3v) is 14.9. The zero-order chi connectivity index (χ0) is 37.1. The molecule has 2 aromatic heterocycles. The van der Waals surface area contributed by atoms with E-state index in [-0.39, 0.29) is 46.3 Å². The molecule has 1 aliphatic heterocycles. The molecule has 0 bridgehead atoms. The fourth-order valence-electron chi connectivity index (χ4n) is 5.79. The fourth-order valence-corrected chi connectivity index (χ4v) is 6.89. The maximum atomic E-state index is 14.8. The molecule has 1 saturated carbocycles. The van der Waals surface area contributed by atoms with Crippen LogP contribution in [0.15, 0.2) is 36.7 Å². The van der Waals surface area contributed by atoms with Crippen molar-refractivity contribution in [3.63, 3.8) is 0 Å². The maximum absolute atomic E-state index is 14.8. The Morgan fingerprint density at radius 1 is 0.980 bits per heavy atom. The topological polar surface area (TPSA) is 131 Å². The van der Waals surface area contributed by atoms with Crippen LogP contribution in [-0.2, 0) is 25.4 Å². The molecule has 0 unspecified atom stereocenters. The summed E-state index contributed by atoms with van der Waals surface area (Å²) in [7, 11) is -2.13. The van der Waals surface area contributed by atoms with Gasteiger partial charge in [-0.2, -0.15) is 5.10 Å². The number of esters is 1. The second-order valence-corrected chi connectivity index (χ2v) is 21.7. The number of aromatic nitrogens is 4. The molecule has 2 aliphatic rings. The van der Waals surface area contributed by atoms with Gasteiger partial charge in [-0.1, -0.05) is 53.1 Å². The number of piperidine rings is 1. The van der Waals surface area contributed by atoms with Crippen molar-refractivity contribution in [2.24, 2.45) is 17.3 Å². The number of anilines is 3. The molecule has 2 fully saturated rings. The van der Waals surface area contributed by atoms with Crippen LogP contribution in [0.3, 0.4) is 0 Å². The number of carbonyl (C=O) groups excluding carboxylic acids is 2. The minimum Gasteiger partial charge on any atom is -0.465 e. The van der Waals surface area contributed by atoms with Crippen LogP contribution in [0.4, 0.5) is 21.7 Å². The Morgan fingerprint density at radius 3 is 2.33 bits per heavy atom. The quantitative estimate of drug-likeness (QED) is 0.147. The van der Waals surface area contributed by atoms with Crippen molar-refractivity contribution in [2.45, 2.75) is 98.0 Å². The molecule has 1 aliphatic carbocycles. The zero-order valence-corrected chi connectivity index (χ0v) is 32.7. The average molecular weight is 740 g/mol. The molecule has 1 saturated heterocycles. The maximum Gasteiger partial charge on any atom is 0.309 e. The third kappa shape index (κ3) is 10.1. The van der Waals surface area contributed by atoms with Crippen LogP contribution in [0, 0.1) is 23.1 Å². The smallest absolute Gasteiger partial charge is 0.309 e. The molecule has 3 heterocycles. The molecular weight excluding hydrogens is 689 g/mol. The summed E-state index contributed by atoms with van der Waals surface area (Å²) >= 11 is 6.17. The molecule has 1 amide bonds. The first kappa shape index (κ1) is 38.7. The number of hydrogen-bond donors (Lipinski definition) is 2. The molecule has 51 heavy (non-hydrogen) atoms. The lowest BCUT2D eigenvalue weighted by Crippen LogP contribution is -2.51. The molecule has 3 aromatic rings. The summed E-state index contributed by atoms with van der Waals surface area (Å²) in [4.78, 5) is 36.8. The summed E-state index contributed by atoms with van der Waals surface area (Å²) in [6, 6.07) is 7.94. The Kier molecular flexibility index (Phi) is 11.8. The number of halogens is 2. The van der Waals surface area contributed by atoms with E-state index in [9.17, 15) is 14.0 Å². The van der Waals surface area contributed by atoms with Crippen LogP contribution in [0.5, 0.6) is 0 Å². The first-order valence-electron chi connectivity index (χ1n) is 17.6. The molecule has 5 rings (SSSR count). The first-order chi connectivity index (χ1) is 23.9. The van der Waals surface area contributed by atoms with Crippen LogP contribution < -0.4 is 10.6 Å². The summed E-state index contributed by atoms with van der Waals surface area (Å²) < 4.78 is 26.8. The van der Waals surface area contributed by atoms with Gasteiger partial charge in [0.1, 0.15) is 29.5 Å². The van der Waals surface area contributed by atoms with Gasteiger partial charge >= 0.3 is 5.97 Å². The Bertz CT molecular complexity index is 1720. The van der Waals surface area contributed by atoms with E-state index >= 15 is 0 Å². The van der Waals surface area contributed by atoms with Crippen molar-refractivity contribution in [1.29, 1.82) is 0 Å². The number of hydrogen-bond acceptors (Lipinski definition) is 10. The van der Waals surface area contributed by atoms with Gasteiger partial charge in [-0.15, -0.1) is 5.10 Å². The van der Waals surface area contributed by atoms with Crippen LogP contribution in [0.1, 0.15) is 72.9 Å². The average Bonchev–Trinajstić information content (AvgIpc) is 3.03. The van der Waals surface area contributed by atoms with Crippen molar-refractivity contribution >= 4 is 49.1 Å². The van der Waals surface area contributed by atoms with Crippen molar-refractivity contribution < 1.29 is 23.1 Å². The predicted molar refractivity (Wildman–Crippen MR) is 200 cm³/mol. The Labute approximate surface area is 306 Å². The largest absolute Gasteiger partial charge is 0.465 e. The van der Waals surface area contributed by atoms with E-state index in [1.165, 1.54) is 24.5 Å². The van der Waals surface area contributed by atoms with Crippen molar-refractivity contribution in [2.75, 3.05) is 30.3 Å². The van der Waals surface area contributed by atoms with Gasteiger partial charge in [-0.25, -0.2) is 14.4 Å². The summed E-state index contributed by atoms with van der Waals surface area (Å²) in [5.41, 5.74) is 1.52. The highest BCUT2D eigenvalue weighted by Crippen LogP contribution is 2.38. The predicted octanol–water partition coefficient (Wildman–Crippen LogP) is 8.01. The van der Waals surface area contributed by atoms with Crippen molar-refractivity contribution in [1.82, 2.24) is 25.1 Å². The summed E-state index contributed by atoms with van der Waals surface area (Å²) in [5, 5.41) is 15.3. The van der Waals surface area contributed by atoms with Gasteiger partial charge in [0, 0.05) is 28.6 Å². The molecule has 2 N–H and O–H groups in total. The lowest BCUT2D eigenvalue weighted by molar-refractivity contribution is -0.153. The number of nitrogens with one attached hydrogen (secondary N) is 2. The second kappa shape index (κ2) is 15.6. The Hall–Kier alpha value is -3.52. The molecule has 1 aromatic carbocycles. The third-order valence-electron chi connectivity index (χ3n) is 10.1. The van der Waals surface area contributed by atoms with Gasteiger partial charge in [-0.05, 0) is 86.6 Å². The van der Waals surface area contributed by atoms with Crippen LogP contribution >= 0.6 is 11.6 Å². The van der Waals surface area contributed by atoms with Crippen LogP contribution in [0.25, 0.3) is 11.3 Å². The Balaban J connectivity index is 1.21. The normalized spacial score (nSPS) is 18.9. The zero-order valence-electron chi connectivity index (χ0n) is 31.0. The molecular formula is C37H51ClFN7O4Si. The number of likely N-dealkylation sites (tertiary alicyclic amines) is 1. The van der Waals surface area contributed by atoms with Crippen molar-refractivity contribution in [3.05, 3.63) is 53.2 Å². The SMILES string of the molecule is CC(C)(C)COC(=O)C1CCN(C2CC(C(=O)Nc3cc(Nc4cc(-c5cc(Cl)ccc5F)nnc4CO[Si](C)(C)C(C)(C)C)ncn3)C2)CC1. The summed E-state index contributed by atoms with van der Waals surface area (Å²) in [5.74, 6) is -0.0839. The highest BCUT2D eigenvalue weighted by Gasteiger charge is 2.40. The van der Waals surface area contributed by atoms with E-state index in [4.69, 9.17) is 20.8 Å². The van der Waals surface area contributed by atoms with Crippen LogP contribution in [0.2, 0.25) is 23.2 Å². The monoisotopic (exact) mass is 739 g/mol. The number of ether oxygens (including phenoxy) is 1. The molecule has 276 valence electrons. The van der Waals surface area contributed by atoms with E-state index in [0.717, 1.165) is 38.8 Å². The standard InChI is InChI=1S/C37H51ClFN7O4Si/c1-36(2,3)21-49-35(48)23-11-13-46(14-12-23)26-15-24(16-26)34(47)43-33-19-32(40-22-41-33)42-30-18-29(27-17-25(38)9-10-28(27)39)44-45-31(30)20-50-51(7,8)37(4,5)6/h9-10,17-19,22-24,26H,11-16,20-21H2,1-8H3,(H2,40,41,42,43,44,47). The number of carbonyl (C=O) groups is 2. The lowest BCUT2D eigenvalue weighted by atomic mass is 9.77. The highest BCUT2D eigenvalue weighted by molar-refractivity contribution is 6.74. The summed E-state index contributed by atoms with van der Waals surface area (Å²) in [6.07, 6.45) is 4.43. The van der Waals surface area contributed by atoms with Gasteiger partial charge in [0.2, 0.25) is 5.91 Å². The van der Waals surface area contributed by atoms with E-state index in [2.05, 4.69) is 90.3 Å².